The van der Waals surface area contributed by atoms with Crippen molar-refractivity contribution in [2.75, 3.05) is 19.0 Å². The number of hydrogen-bond donors (Lipinski definition) is 2. The number of ether oxygens (including phenoxy) is 1. The van der Waals surface area contributed by atoms with E-state index in [-0.39, 0.29) is 19.0 Å². The van der Waals surface area contributed by atoms with Crippen molar-refractivity contribution < 1.29 is 28.2 Å². The average Bonchev–Trinajstić information content (AvgIpc) is 2.47. The van der Waals surface area contributed by atoms with Crippen molar-refractivity contribution in [1.29, 1.82) is 0 Å². The number of carboxylic acid groups (broad SMARTS) is 1. The minimum atomic E-state index is -1.23. The Kier molecular flexibility index (Phi) is 7.55. The van der Waals surface area contributed by atoms with Crippen LogP contribution < -0.4 is 5.32 Å². The average molecular weight is 331 g/mol. The molecule has 1 atom stereocenters. The van der Waals surface area contributed by atoms with E-state index >= 15 is 0 Å². The predicted molar refractivity (Wildman–Crippen MR) is 77.7 cm³/mol. The summed E-state index contributed by atoms with van der Waals surface area (Å²) in [5, 5.41) is 11.2. The third kappa shape index (κ3) is 6.23. The molecule has 22 heavy (non-hydrogen) atoms. The van der Waals surface area contributed by atoms with Crippen LogP contribution in [0.1, 0.15) is 0 Å². The molecule has 2 N–H and O–H groups in total. The molecular formula is C14H15F2NO4S. The van der Waals surface area contributed by atoms with Gasteiger partial charge in [-0.25, -0.2) is 13.6 Å². The van der Waals surface area contributed by atoms with Crippen LogP contribution in [0.15, 0.2) is 35.7 Å². The molecule has 0 radical (unpaired) electrons. The number of carboxylic acids is 1. The number of amides is 1. The molecule has 1 aromatic carbocycles. The lowest BCUT2D eigenvalue weighted by atomic mass is 10.3. The summed E-state index contributed by atoms with van der Waals surface area (Å²) in [5.41, 5.74) is 0. The fraction of sp³-hybridized carbons (Fsp3) is 0.286. The minimum Gasteiger partial charge on any atom is -0.480 e. The van der Waals surface area contributed by atoms with Crippen molar-refractivity contribution in [2.45, 2.75) is 10.9 Å². The fourth-order valence-corrected chi connectivity index (χ4v) is 2.13. The molecule has 0 spiro atoms. The standard InChI is InChI=1S/C14H15F2NO4S/c1-2-5-21-7-12(14(19)20)17-13(18)8-22-9-3-4-10(15)11(16)6-9/h2-4,6,12H,1,5,7-8H2,(H,17,18)(H,19,20). The van der Waals surface area contributed by atoms with Crippen LogP contribution in [0, 0.1) is 11.6 Å². The quantitative estimate of drug-likeness (QED) is 0.410. The van der Waals surface area contributed by atoms with Gasteiger partial charge in [0.1, 0.15) is 0 Å². The first kappa shape index (κ1) is 18.1. The number of benzene rings is 1. The lowest BCUT2D eigenvalue weighted by molar-refractivity contribution is -0.143. The highest BCUT2D eigenvalue weighted by atomic mass is 32.2. The SMILES string of the molecule is C=CCOCC(NC(=O)CSc1ccc(F)c(F)c1)C(=O)O. The number of halogens is 2. The second kappa shape index (κ2) is 9.16. The van der Waals surface area contributed by atoms with E-state index in [0.29, 0.717) is 4.90 Å². The maximum atomic E-state index is 13.0. The number of rotatable bonds is 9. The van der Waals surface area contributed by atoms with E-state index in [1.165, 1.54) is 12.1 Å². The van der Waals surface area contributed by atoms with Crippen molar-refractivity contribution in [3.8, 4) is 0 Å². The van der Waals surface area contributed by atoms with Gasteiger partial charge in [-0.3, -0.25) is 4.79 Å². The molecule has 0 saturated heterocycles. The third-order valence-corrected chi connectivity index (χ3v) is 3.41. The van der Waals surface area contributed by atoms with Crippen LogP contribution in [-0.2, 0) is 14.3 Å². The van der Waals surface area contributed by atoms with Gasteiger partial charge in [0, 0.05) is 4.90 Å². The van der Waals surface area contributed by atoms with Gasteiger partial charge in [-0.1, -0.05) is 6.08 Å². The maximum Gasteiger partial charge on any atom is 0.328 e. The van der Waals surface area contributed by atoms with Gasteiger partial charge in [-0.2, -0.15) is 0 Å². The Bertz CT molecular complexity index is 554. The summed E-state index contributed by atoms with van der Waals surface area (Å²) in [5.74, 6) is -3.89. The fourth-order valence-electron chi connectivity index (χ4n) is 1.40. The van der Waals surface area contributed by atoms with Gasteiger partial charge in [-0.15, -0.1) is 18.3 Å². The summed E-state index contributed by atoms with van der Waals surface area (Å²) in [4.78, 5) is 23.0. The Morgan fingerprint density at radius 2 is 2.14 bits per heavy atom. The lowest BCUT2D eigenvalue weighted by Crippen LogP contribution is -2.44. The highest BCUT2D eigenvalue weighted by Crippen LogP contribution is 2.20. The number of aliphatic carboxylic acids is 1. The summed E-state index contributed by atoms with van der Waals surface area (Å²) >= 11 is 0.965. The van der Waals surface area contributed by atoms with Crippen LogP contribution >= 0.6 is 11.8 Å². The van der Waals surface area contributed by atoms with Crippen molar-refractivity contribution >= 4 is 23.6 Å². The van der Waals surface area contributed by atoms with E-state index < -0.39 is 29.6 Å². The van der Waals surface area contributed by atoms with Crippen molar-refractivity contribution in [3.63, 3.8) is 0 Å². The van der Waals surface area contributed by atoms with E-state index in [4.69, 9.17) is 9.84 Å². The smallest absolute Gasteiger partial charge is 0.328 e. The van der Waals surface area contributed by atoms with Crippen LogP contribution in [0.4, 0.5) is 8.78 Å². The van der Waals surface area contributed by atoms with Gasteiger partial charge in [-0.05, 0) is 18.2 Å². The highest BCUT2D eigenvalue weighted by Gasteiger charge is 2.20. The summed E-state index contributed by atoms with van der Waals surface area (Å²) in [6.07, 6.45) is 1.46. The maximum absolute atomic E-state index is 13.0. The van der Waals surface area contributed by atoms with Gasteiger partial charge in [0.15, 0.2) is 17.7 Å². The first-order valence-electron chi connectivity index (χ1n) is 6.22. The molecule has 0 bridgehead atoms. The van der Waals surface area contributed by atoms with Crippen LogP contribution in [-0.4, -0.2) is 42.0 Å². The van der Waals surface area contributed by atoms with E-state index in [2.05, 4.69) is 11.9 Å². The van der Waals surface area contributed by atoms with Gasteiger partial charge in [0.05, 0.1) is 19.0 Å². The molecule has 0 aliphatic rings. The van der Waals surface area contributed by atoms with Crippen molar-refractivity contribution in [2.24, 2.45) is 0 Å². The zero-order chi connectivity index (χ0) is 16.5. The molecule has 120 valence electrons. The molecule has 5 nitrogen and oxygen atoms in total. The summed E-state index contributed by atoms with van der Waals surface area (Å²) in [6, 6.07) is 2.07. The second-order valence-corrected chi connectivity index (χ2v) is 5.20. The molecule has 1 unspecified atom stereocenters. The molecular weight excluding hydrogens is 316 g/mol. The van der Waals surface area contributed by atoms with Crippen molar-refractivity contribution in [3.05, 3.63) is 42.5 Å². The molecule has 1 amide bonds. The van der Waals surface area contributed by atoms with Crippen LogP contribution in [0.5, 0.6) is 0 Å². The molecule has 0 aliphatic heterocycles. The number of carbonyl (C=O) groups is 2. The van der Waals surface area contributed by atoms with E-state index in [0.717, 1.165) is 23.9 Å². The zero-order valence-corrected chi connectivity index (χ0v) is 12.4. The van der Waals surface area contributed by atoms with Gasteiger partial charge < -0.3 is 15.2 Å². The Hall–Kier alpha value is -1.93. The molecule has 1 rings (SSSR count). The number of nitrogens with one attached hydrogen (secondary N) is 1. The summed E-state index contributed by atoms with van der Waals surface area (Å²) in [7, 11) is 0. The van der Waals surface area contributed by atoms with Crippen LogP contribution in [0.2, 0.25) is 0 Å². The number of carbonyl (C=O) groups excluding carboxylic acids is 1. The number of thioether (sulfide) groups is 1. The second-order valence-electron chi connectivity index (χ2n) is 4.15. The van der Waals surface area contributed by atoms with Crippen LogP contribution in [0.3, 0.4) is 0 Å². The Labute approximate surface area is 130 Å². The molecule has 0 saturated carbocycles. The Balaban J connectivity index is 2.47. The van der Waals surface area contributed by atoms with Crippen molar-refractivity contribution in [1.82, 2.24) is 5.32 Å². The molecule has 8 heteroatoms. The topological polar surface area (TPSA) is 75.6 Å². The van der Waals surface area contributed by atoms with Gasteiger partial charge >= 0.3 is 5.97 Å². The molecule has 0 heterocycles. The largest absolute Gasteiger partial charge is 0.480 e. The first-order valence-corrected chi connectivity index (χ1v) is 7.21. The van der Waals surface area contributed by atoms with E-state index in [1.54, 1.807) is 0 Å². The van der Waals surface area contributed by atoms with Gasteiger partial charge in [0.2, 0.25) is 5.91 Å². The third-order valence-electron chi connectivity index (χ3n) is 2.41. The van der Waals surface area contributed by atoms with Gasteiger partial charge in [0.25, 0.3) is 0 Å². The molecule has 0 aromatic heterocycles. The zero-order valence-electron chi connectivity index (χ0n) is 11.6. The highest BCUT2D eigenvalue weighted by molar-refractivity contribution is 8.00. The monoisotopic (exact) mass is 331 g/mol. The first-order chi connectivity index (χ1) is 10.4. The van der Waals surface area contributed by atoms with Crippen LogP contribution in [0.25, 0.3) is 0 Å². The van der Waals surface area contributed by atoms with E-state index in [9.17, 15) is 18.4 Å². The Morgan fingerprint density at radius 3 is 2.73 bits per heavy atom. The minimum absolute atomic E-state index is 0.129. The van der Waals surface area contributed by atoms with E-state index in [1.807, 2.05) is 0 Å². The lowest BCUT2D eigenvalue weighted by Gasteiger charge is -2.14. The summed E-state index contributed by atoms with van der Waals surface area (Å²) in [6.45, 7) is 3.40. The number of hydrogen-bond acceptors (Lipinski definition) is 4. The molecule has 0 aliphatic carbocycles. The molecule has 0 fully saturated rings. The predicted octanol–water partition coefficient (Wildman–Crippen LogP) is 1.83. The molecule has 1 aromatic rings. The Morgan fingerprint density at radius 1 is 1.41 bits per heavy atom. The summed E-state index contributed by atoms with van der Waals surface area (Å²) < 4.78 is 30.7. The normalized spacial score (nSPS) is 11.7.